The summed E-state index contributed by atoms with van der Waals surface area (Å²) in [5.41, 5.74) is 0. The fourth-order valence-electron chi connectivity index (χ4n) is 1.40. The molecule has 0 bridgehead atoms. The van der Waals surface area contributed by atoms with Crippen LogP contribution in [-0.4, -0.2) is 30.2 Å². The molecule has 0 radical (unpaired) electrons. The van der Waals surface area contributed by atoms with Crippen molar-refractivity contribution in [1.29, 1.82) is 0 Å². The zero-order chi connectivity index (χ0) is 8.97. The van der Waals surface area contributed by atoms with Gasteiger partial charge in [0.15, 0.2) is 6.23 Å². The van der Waals surface area contributed by atoms with E-state index in [1.165, 1.54) is 18.9 Å². The first-order valence-corrected chi connectivity index (χ1v) is 4.31. The van der Waals surface area contributed by atoms with Gasteiger partial charge < -0.3 is 4.74 Å². The second-order valence-electron chi connectivity index (χ2n) is 2.98. The minimum Gasteiger partial charge on any atom is -0.443 e. The summed E-state index contributed by atoms with van der Waals surface area (Å²) in [7, 11) is 0. The van der Waals surface area contributed by atoms with Crippen LogP contribution in [0.2, 0.25) is 0 Å². The maximum Gasteiger partial charge on any atom is 0.331 e. The van der Waals surface area contributed by atoms with E-state index in [2.05, 4.69) is 11.5 Å². The van der Waals surface area contributed by atoms with Gasteiger partial charge in [0.05, 0.1) is 0 Å². The van der Waals surface area contributed by atoms with Gasteiger partial charge >= 0.3 is 5.97 Å². The smallest absolute Gasteiger partial charge is 0.331 e. The standard InChI is InChI=1S/C9H15NO2/c1-3-9(11)12-8(2)10-6-4-5-7-10/h3,8H,1,4-7H2,2H3. The number of carbonyl (C=O) groups excluding carboxylic acids is 1. The summed E-state index contributed by atoms with van der Waals surface area (Å²) in [4.78, 5) is 13.0. The van der Waals surface area contributed by atoms with Crippen molar-refractivity contribution in [1.82, 2.24) is 4.90 Å². The minimum atomic E-state index is -0.339. The van der Waals surface area contributed by atoms with E-state index in [1.807, 2.05) is 6.92 Å². The van der Waals surface area contributed by atoms with Crippen LogP contribution in [0.5, 0.6) is 0 Å². The Morgan fingerprint density at radius 1 is 1.58 bits per heavy atom. The molecule has 1 aliphatic rings. The quantitative estimate of drug-likeness (QED) is 0.469. The fraction of sp³-hybridized carbons (Fsp3) is 0.667. The van der Waals surface area contributed by atoms with E-state index in [0.29, 0.717) is 0 Å². The zero-order valence-electron chi connectivity index (χ0n) is 7.45. The van der Waals surface area contributed by atoms with Gasteiger partial charge in [-0.2, -0.15) is 0 Å². The Labute approximate surface area is 73.0 Å². The van der Waals surface area contributed by atoms with Crippen molar-refractivity contribution in [2.75, 3.05) is 13.1 Å². The SMILES string of the molecule is C=CC(=O)OC(C)N1CCCC1. The maximum absolute atomic E-state index is 10.8. The molecule has 1 aliphatic heterocycles. The van der Waals surface area contributed by atoms with E-state index >= 15 is 0 Å². The van der Waals surface area contributed by atoms with Gasteiger partial charge in [0.25, 0.3) is 0 Å². The van der Waals surface area contributed by atoms with Crippen LogP contribution in [0.15, 0.2) is 12.7 Å². The van der Waals surface area contributed by atoms with Crippen LogP contribution >= 0.6 is 0 Å². The molecule has 0 amide bonds. The molecule has 1 heterocycles. The molecule has 1 rings (SSSR count). The van der Waals surface area contributed by atoms with Gasteiger partial charge in [0, 0.05) is 19.2 Å². The first-order chi connectivity index (χ1) is 5.74. The number of ether oxygens (including phenoxy) is 1. The van der Waals surface area contributed by atoms with Crippen LogP contribution in [-0.2, 0) is 9.53 Å². The van der Waals surface area contributed by atoms with Gasteiger partial charge in [0.1, 0.15) is 0 Å². The number of nitrogens with zero attached hydrogens (tertiary/aromatic N) is 1. The predicted octanol–water partition coefficient (Wildman–Crippen LogP) is 1.16. The largest absolute Gasteiger partial charge is 0.443 e. The molecule has 68 valence electrons. The monoisotopic (exact) mass is 169 g/mol. The summed E-state index contributed by atoms with van der Waals surface area (Å²) < 4.78 is 5.05. The van der Waals surface area contributed by atoms with Crippen molar-refractivity contribution in [2.24, 2.45) is 0 Å². The lowest BCUT2D eigenvalue weighted by Gasteiger charge is -2.22. The molecule has 0 aromatic heterocycles. The van der Waals surface area contributed by atoms with E-state index in [9.17, 15) is 4.79 Å². The van der Waals surface area contributed by atoms with Crippen LogP contribution in [0.4, 0.5) is 0 Å². The number of likely N-dealkylation sites (tertiary alicyclic amines) is 1. The molecule has 0 saturated carbocycles. The highest BCUT2D eigenvalue weighted by molar-refractivity contribution is 5.81. The van der Waals surface area contributed by atoms with Crippen LogP contribution < -0.4 is 0 Å². The van der Waals surface area contributed by atoms with Crippen molar-refractivity contribution >= 4 is 5.97 Å². The second kappa shape index (κ2) is 4.26. The lowest BCUT2D eigenvalue weighted by molar-refractivity contribution is -0.150. The van der Waals surface area contributed by atoms with Crippen molar-refractivity contribution in [3.05, 3.63) is 12.7 Å². The Hall–Kier alpha value is -0.830. The van der Waals surface area contributed by atoms with Gasteiger partial charge in [0.2, 0.25) is 0 Å². The van der Waals surface area contributed by atoms with Gasteiger partial charge in [-0.25, -0.2) is 4.79 Å². The Morgan fingerprint density at radius 2 is 2.17 bits per heavy atom. The molecule has 0 aromatic carbocycles. The summed E-state index contributed by atoms with van der Waals surface area (Å²) in [6, 6.07) is 0. The van der Waals surface area contributed by atoms with Crippen LogP contribution in [0.25, 0.3) is 0 Å². The third kappa shape index (κ3) is 2.34. The first-order valence-electron chi connectivity index (χ1n) is 4.31. The van der Waals surface area contributed by atoms with Gasteiger partial charge in [-0.05, 0) is 19.8 Å². The van der Waals surface area contributed by atoms with Crippen LogP contribution in [0.1, 0.15) is 19.8 Å². The maximum atomic E-state index is 10.8. The lowest BCUT2D eigenvalue weighted by Crippen LogP contribution is -2.33. The van der Waals surface area contributed by atoms with Crippen molar-refractivity contribution in [3.8, 4) is 0 Å². The molecule has 0 N–H and O–H groups in total. The lowest BCUT2D eigenvalue weighted by atomic mass is 10.4. The number of carbonyl (C=O) groups is 1. The average Bonchev–Trinajstić information content (AvgIpc) is 2.56. The van der Waals surface area contributed by atoms with Crippen molar-refractivity contribution in [3.63, 3.8) is 0 Å². The third-order valence-electron chi connectivity index (χ3n) is 2.11. The predicted molar refractivity (Wildman–Crippen MR) is 46.6 cm³/mol. The van der Waals surface area contributed by atoms with E-state index in [-0.39, 0.29) is 12.2 Å². The molecular weight excluding hydrogens is 154 g/mol. The van der Waals surface area contributed by atoms with Gasteiger partial charge in [-0.3, -0.25) is 4.90 Å². The van der Waals surface area contributed by atoms with Crippen LogP contribution in [0, 0.1) is 0 Å². The number of rotatable bonds is 3. The zero-order valence-corrected chi connectivity index (χ0v) is 7.45. The highest BCUT2D eigenvalue weighted by Crippen LogP contribution is 2.12. The highest BCUT2D eigenvalue weighted by atomic mass is 16.6. The number of esters is 1. The topological polar surface area (TPSA) is 29.5 Å². The van der Waals surface area contributed by atoms with E-state index in [0.717, 1.165) is 13.1 Å². The molecule has 12 heavy (non-hydrogen) atoms. The third-order valence-corrected chi connectivity index (χ3v) is 2.11. The minimum absolute atomic E-state index is 0.0991. The summed E-state index contributed by atoms with van der Waals surface area (Å²) in [6.45, 7) is 7.31. The molecule has 3 heteroatoms. The summed E-state index contributed by atoms with van der Waals surface area (Å²) in [5, 5.41) is 0. The molecule has 3 nitrogen and oxygen atoms in total. The molecule has 1 fully saturated rings. The van der Waals surface area contributed by atoms with E-state index < -0.39 is 0 Å². The van der Waals surface area contributed by atoms with E-state index in [4.69, 9.17) is 4.74 Å². The summed E-state index contributed by atoms with van der Waals surface area (Å²) in [6.07, 6.45) is 3.51. The Morgan fingerprint density at radius 3 is 2.67 bits per heavy atom. The summed E-state index contributed by atoms with van der Waals surface area (Å²) in [5.74, 6) is -0.339. The summed E-state index contributed by atoms with van der Waals surface area (Å²) >= 11 is 0. The van der Waals surface area contributed by atoms with Crippen molar-refractivity contribution in [2.45, 2.75) is 26.0 Å². The Bertz CT molecular complexity index is 173. The Balaban J connectivity index is 2.31. The molecule has 1 atom stereocenters. The van der Waals surface area contributed by atoms with E-state index in [1.54, 1.807) is 0 Å². The average molecular weight is 169 g/mol. The van der Waals surface area contributed by atoms with Gasteiger partial charge in [-0.15, -0.1) is 0 Å². The Kier molecular flexibility index (Phi) is 3.29. The molecule has 1 unspecified atom stereocenters. The van der Waals surface area contributed by atoms with Crippen molar-refractivity contribution < 1.29 is 9.53 Å². The van der Waals surface area contributed by atoms with Gasteiger partial charge in [-0.1, -0.05) is 6.58 Å². The fourth-order valence-corrected chi connectivity index (χ4v) is 1.40. The number of hydrogen-bond acceptors (Lipinski definition) is 3. The molecule has 0 aromatic rings. The number of hydrogen-bond donors (Lipinski definition) is 0. The molecule has 0 aliphatic carbocycles. The first kappa shape index (κ1) is 9.26. The second-order valence-corrected chi connectivity index (χ2v) is 2.98. The highest BCUT2D eigenvalue weighted by Gasteiger charge is 2.19. The molecule has 0 spiro atoms. The normalized spacial score (nSPS) is 20.4. The molecular formula is C9H15NO2. The van der Waals surface area contributed by atoms with Crippen LogP contribution in [0.3, 0.4) is 0 Å². The molecule has 1 saturated heterocycles.